The van der Waals surface area contributed by atoms with Gasteiger partial charge < -0.3 is 42.6 Å². The molecule has 4 amide bonds. The summed E-state index contributed by atoms with van der Waals surface area (Å²) in [4.78, 5) is 66.9. The number of hydrogen-bond donors (Lipinski definition) is 8. The van der Waals surface area contributed by atoms with Crippen LogP contribution in [-0.2, 0) is 30.4 Å². The van der Waals surface area contributed by atoms with E-state index in [1.54, 1.807) is 6.26 Å². The highest BCUT2D eigenvalue weighted by atomic mass is 32.2. The number of nitrogens with one attached hydrogen (secondary N) is 4. The van der Waals surface area contributed by atoms with Gasteiger partial charge in [0.1, 0.15) is 18.1 Å². The Morgan fingerprint density at radius 3 is 2.21 bits per heavy atom. The Morgan fingerprint density at radius 2 is 1.68 bits per heavy atom. The number of carboxylic acids is 1. The molecule has 0 bridgehead atoms. The van der Waals surface area contributed by atoms with Crippen LogP contribution in [0.1, 0.15) is 25.0 Å². The van der Waals surface area contributed by atoms with E-state index >= 15 is 0 Å². The molecule has 34 heavy (non-hydrogen) atoms. The second kappa shape index (κ2) is 14.9. The molecular formula is C19H31N7O7S. The largest absolute Gasteiger partial charge is 0.480 e. The number of imidazole rings is 1. The third-order valence-electron chi connectivity index (χ3n) is 4.69. The number of hydrogen-bond acceptors (Lipinski definition) is 9. The standard InChI is InChI=1S/C19H31N7O7S/c1-34-5-4-12(17(30)26-14(8-27)19(32)33)24-18(31)13(6-10-7-22-9-23-10)25-16(29)11(20)2-3-15(21)28/h7,9,11-14,27H,2-6,8,20H2,1H3,(H2,21,28)(H,22,23)(H,24,31)(H,25,29)(H,26,30)(H,32,33). The number of rotatable bonds is 16. The summed E-state index contributed by atoms with van der Waals surface area (Å²) in [6, 6.07) is -4.92. The fourth-order valence-electron chi connectivity index (χ4n) is 2.77. The molecule has 10 N–H and O–H groups in total. The third-order valence-corrected chi connectivity index (χ3v) is 5.34. The van der Waals surface area contributed by atoms with Crippen molar-refractivity contribution in [1.82, 2.24) is 25.9 Å². The van der Waals surface area contributed by atoms with Gasteiger partial charge in [-0.3, -0.25) is 19.2 Å². The van der Waals surface area contributed by atoms with E-state index in [1.807, 2.05) is 0 Å². The molecule has 1 heterocycles. The minimum absolute atomic E-state index is 0.00856. The Kier molecular flexibility index (Phi) is 12.6. The highest BCUT2D eigenvalue weighted by molar-refractivity contribution is 7.98. The van der Waals surface area contributed by atoms with Crippen LogP contribution >= 0.6 is 11.8 Å². The van der Waals surface area contributed by atoms with Crippen LogP contribution in [0.5, 0.6) is 0 Å². The van der Waals surface area contributed by atoms with Gasteiger partial charge in [-0.25, -0.2) is 9.78 Å². The first-order chi connectivity index (χ1) is 16.1. The van der Waals surface area contributed by atoms with Crippen molar-refractivity contribution in [2.45, 2.75) is 49.9 Å². The molecule has 0 aliphatic rings. The average molecular weight is 502 g/mol. The highest BCUT2D eigenvalue weighted by Crippen LogP contribution is 2.06. The smallest absolute Gasteiger partial charge is 0.328 e. The maximum atomic E-state index is 13.0. The number of aromatic nitrogens is 2. The summed E-state index contributed by atoms with van der Waals surface area (Å²) in [7, 11) is 0. The van der Waals surface area contributed by atoms with Crippen LogP contribution in [0.25, 0.3) is 0 Å². The zero-order valence-electron chi connectivity index (χ0n) is 18.7. The van der Waals surface area contributed by atoms with Gasteiger partial charge in [-0.2, -0.15) is 11.8 Å². The van der Waals surface area contributed by atoms with Crippen LogP contribution in [0.4, 0.5) is 0 Å². The van der Waals surface area contributed by atoms with Crippen LogP contribution in [-0.4, -0.2) is 92.6 Å². The summed E-state index contributed by atoms with van der Waals surface area (Å²) in [6.45, 7) is -0.827. The van der Waals surface area contributed by atoms with E-state index in [0.29, 0.717) is 11.4 Å². The molecule has 4 unspecified atom stereocenters. The fourth-order valence-corrected chi connectivity index (χ4v) is 3.24. The van der Waals surface area contributed by atoms with E-state index in [-0.39, 0.29) is 25.7 Å². The SMILES string of the molecule is CSCCC(NC(=O)C(Cc1cnc[nH]1)NC(=O)C(N)CCC(N)=O)C(=O)NC(CO)C(=O)O. The molecule has 0 fully saturated rings. The molecule has 0 saturated carbocycles. The highest BCUT2D eigenvalue weighted by Gasteiger charge is 2.30. The van der Waals surface area contributed by atoms with Crippen molar-refractivity contribution >= 4 is 41.4 Å². The lowest BCUT2D eigenvalue weighted by Crippen LogP contribution is -2.58. The van der Waals surface area contributed by atoms with Crippen LogP contribution in [0, 0.1) is 0 Å². The molecule has 0 aliphatic heterocycles. The van der Waals surface area contributed by atoms with Crippen molar-refractivity contribution in [3.8, 4) is 0 Å². The topological polar surface area (TPSA) is 243 Å². The average Bonchev–Trinajstić information content (AvgIpc) is 3.30. The molecule has 4 atom stereocenters. The summed E-state index contributed by atoms with van der Waals surface area (Å²) in [5.41, 5.74) is 11.4. The molecule has 0 radical (unpaired) electrons. The summed E-state index contributed by atoms with van der Waals surface area (Å²) in [6.07, 6.45) is 4.66. The molecular weight excluding hydrogens is 470 g/mol. The number of nitrogens with two attached hydrogens (primary N) is 2. The van der Waals surface area contributed by atoms with Crippen molar-refractivity contribution < 1.29 is 34.2 Å². The molecule has 0 aromatic carbocycles. The maximum absolute atomic E-state index is 13.0. The van der Waals surface area contributed by atoms with Crippen LogP contribution in [0.2, 0.25) is 0 Å². The van der Waals surface area contributed by atoms with Crippen molar-refractivity contribution in [1.29, 1.82) is 0 Å². The van der Waals surface area contributed by atoms with Gasteiger partial charge in [-0.1, -0.05) is 0 Å². The Morgan fingerprint density at radius 1 is 1.06 bits per heavy atom. The number of aliphatic hydroxyl groups is 1. The van der Waals surface area contributed by atoms with E-state index in [2.05, 4.69) is 25.9 Å². The Labute approximate surface area is 200 Å². The van der Waals surface area contributed by atoms with Gasteiger partial charge in [-0.15, -0.1) is 0 Å². The van der Waals surface area contributed by atoms with Crippen molar-refractivity contribution in [3.63, 3.8) is 0 Å². The minimum atomic E-state index is -1.54. The minimum Gasteiger partial charge on any atom is -0.480 e. The predicted octanol–water partition coefficient (Wildman–Crippen LogP) is -3.17. The number of amides is 4. The number of aromatic amines is 1. The second-order valence-electron chi connectivity index (χ2n) is 7.38. The fraction of sp³-hybridized carbons (Fsp3) is 0.579. The first-order valence-electron chi connectivity index (χ1n) is 10.3. The summed E-state index contributed by atoms with van der Waals surface area (Å²) in [5, 5.41) is 25.4. The number of aliphatic carboxylic acids is 1. The number of carbonyl (C=O) groups is 5. The molecule has 0 aliphatic carbocycles. The number of carbonyl (C=O) groups excluding carboxylic acids is 4. The number of nitrogens with zero attached hydrogens (tertiary/aromatic N) is 1. The van der Waals surface area contributed by atoms with Gasteiger partial charge in [0, 0.05) is 24.7 Å². The number of thioether (sulfide) groups is 1. The van der Waals surface area contributed by atoms with Gasteiger partial charge in [0.2, 0.25) is 23.6 Å². The second-order valence-corrected chi connectivity index (χ2v) is 8.36. The number of primary amides is 1. The molecule has 15 heteroatoms. The lowest BCUT2D eigenvalue weighted by atomic mass is 10.1. The predicted molar refractivity (Wildman–Crippen MR) is 122 cm³/mol. The number of aliphatic hydroxyl groups excluding tert-OH is 1. The van der Waals surface area contributed by atoms with Crippen molar-refractivity contribution in [2.75, 3.05) is 18.6 Å². The third kappa shape index (κ3) is 10.2. The van der Waals surface area contributed by atoms with Gasteiger partial charge in [-0.05, 0) is 24.9 Å². The van der Waals surface area contributed by atoms with E-state index in [4.69, 9.17) is 21.7 Å². The first kappa shape index (κ1) is 28.9. The summed E-state index contributed by atoms with van der Waals surface area (Å²) >= 11 is 1.41. The molecule has 0 spiro atoms. The Hall–Kier alpha value is -3.17. The van der Waals surface area contributed by atoms with E-state index in [1.165, 1.54) is 24.3 Å². The lowest BCUT2D eigenvalue weighted by Gasteiger charge is -2.24. The number of carboxylic acid groups (broad SMARTS) is 1. The van der Waals surface area contributed by atoms with Crippen molar-refractivity contribution in [3.05, 3.63) is 18.2 Å². The zero-order valence-corrected chi connectivity index (χ0v) is 19.5. The van der Waals surface area contributed by atoms with Gasteiger partial charge in [0.15, 0.2) is 0 Å². The first-order valence-corrected chi connectivity index (χ1v) is 11.7. The van der Waals surface area contributed by atoms with Gasteiger partial charge in [0.25, 0.3) is 0 Å². The monoisotopic (exact) mass is 501 g/mol. The van der Waals surface area contributed by atoms with E-state index in [0.717, 1.165) is 0 Å². The molecule has 190 valence electrons. The van der Waals surface area contributed by atoms with E-state index < -0.39 is 60.4 Å². The zero-order chi connectivity index (χ0) is 25.7. The van der Waals surface area contributed by atoms with Crippen LogP contribution in [0.3, 0.4) is 0 Å². The van der Waals surface area contributed by atoms with Crippen molar-refractivity contribution in [2.24, 2.45) is 11.5 Å². The van der Waals surface area contributed by atoms with Gasteiger partial charge >= 0.3 is 5.97 Å². The Balaban J connectivity index is 2.98. The molecule has 1 aromatic heterocycles. The van der Waals surface area contributed by atoms with Gasteiger partial charge in [0.05, 0.1) is 19.0 Å². The normalized spacial score (nSPS) is 14.3. The quantitative estimate of drug-likeness (QED) is 0.113. The van der Waals surface area contributed by atoms with E-state index in [9.17, 15) is 24.0 Å². The molecule has 1 rings (SSSR count). The van der Waals surface area contributed by atoms with Crippen LogP contribution < -0.4 is 27.4 Å². The summed E-state index contributed by atoms with van der Waals surface area (Å²) in [5.74, 6) is -3.81. The maximum Gasteiger partial charge on any atom is 0.328 e. The Bertz CT molecular complexity index is 837. The molecule has 14 nitrogen and oxygen atoms in total. The number of H-pyrrole nitrogens is 1. The molecule has 1 aromatic rings. The lowest BCUT2D eigenvalue weighted by molar-refractivity contribution is -0.143. The molecule has 0 saturated heterocycles. The summed E-state index contributed by atoms with van der Waals surface area (Å²) < 4.78 is 0. The van der Waals surface area contributed by atoms with Crippen LogP contribution in [0.15, 0.2) is 12.5 Å².